The van der Waals surface area contributed by atoms with Crippen molar-refractivity contribution >= 4 is 5.91 Å². The lowest BCUT2D eigenvalue weighted by Crippen LogP contribution is -2.48. The number of unbranched alkanes of at least 4 members (excludes halogenated alkanes) is 33. The van der Waals surface area contributed by atoms with Gasteiger partial charge in [-0.25, -0.2) is 0 Å². The van der Waals surface area contributed by atoms with Crippen LogP contribution in [-0.4, -0.2) is 46.1 Å². The maximum Gasteiger partial charge on any atom is 0.249 e. The van der Waals surface area contributed by atoms with Gasteiger partial charge >= 0.3 is 0 Å². The van der Waals surface area contributed by atoms with E-state index in [9.17, 15) is 20.1 Å². The Morgan fingerprint density at radius 3 is 1.09 bits per heavy atom. The van der Waals surface area contributed by atoms with Crippen LogP contribution in [0.25, 0.3) is 0 Å². The minimum absolute atomic E-state index is 0.362. The molecule has 1 amide bonds. The predicted molar refractivity (Wildman–Crippen MR) is 231 cm³/mol. The Labute approximate surface area is 331 Å². The van der Waals surface area contributed by atoms with Gasteiger partial charge in [-0.1, -0.05) is 231 Å². The number of hydrogen-bond donors (Lipinski definition) is 4. The Morgan fingerprint density at radius 2 is 0.755 bits per heavy atom. The number of hydrogen-bond acceptors (Lipinski definition) is 4. The fraction of sp³-hybridized carbons (Fsp3) is 0.896. The van der Waals surface area contributed by atoms with Crippen molar-refractivity contribution in [3.05, 3.63) is 24.3 Å². The average Bonchev–Trinajstić information content (AvgIpc) is 3.16. The second-order valence-corrected chi connectivity index (χ2v) is 16.3. The van der Waals surface area contributed by atoms with E-state index >= 15 is 0 Å². The van der Waals surface area contributed by atoms with Gasteiger partial charge in [0.2, 0.25) is 5.91 Å². The highest BCUT2D eigenvalue weighted by molar-refractivity contribution is 5.80. The van der Waals surface area contributed by atoms with Crippen LogP contribution in [0.15, 0.2) is 24.3 Å². The highest BCUT2D eigenvalue weighted by Crippen LogP contribution is 2.16. The fourth-order valence-electron chi connectivity index (χ4n) is 7.30. The number of carbonyl (C=O) groups excluding carboxylic acids is 1. The van der Waals surface area contributed by atoms with Crippen LogP contribution in [0, 0.1) is 0 Å². The minimum Gasteiger partial charge on any atom is -0.394 e. The summed E-state index contributed by atoms with van der Waals surface area (Å²) >= 11 is 0. The van der Waals surface area contributed by atoms with Gasteiger partial charge in [-0.2, -0.15) is 0 Å². The molecule has 3 unspecified atom stereocenters. The molecule has 0 aliphatic heterocycles. The van der Waals surface area contributed by atoms with E-state index < -0.39 is 24.2 Å². The summed E-state index contributed by atoms with van der Waals surface area (Å²) in [6, 6.07) is -0.795. The summed E-state index contributed by atoms with van der Waals surface area (Å²) in [5.41, 5.74) is 0. The molecule has 0 aromatic heterocycles. The van der Waals surface area contributed by atoms with Crippen molar-refractivity contribution in [3.63, 3.8) is 0 Å². The van der Waals surface area contributed by atoms with Crippen molar-refractivity contribution in [2.45, 2.75) is 270 Å². The third kappa shape index (κ3) is 38.9. The zero-order valence-corrected chi connectivity index (χ0v) is 35.7. The summed E-state index contributed by atoms with van der Waals surface area (Å²) in [6.45, 7) is 4.19. The molecule has 5 heteroatoms. The van der Waals surface area contributed by atoms with Gasteiger partial charge in [0.25, 0.3) is 0 Å². The second kappa shape index (κ2) is 43.6. The largest absolute Gasteiger partial charge is 0.394 e. The Morgan fingerprint density at radius 1 is 0.453 bits per heavy atom. The molecule has 0 saturated heterocycles. The summed E-state index contributed by atoms with van der Waals surface area (Å²) in [5, 5.41) is 33.1. The summed E-state index contributed by atoms with van der Waals surface area (Å²) in [4.78, 5) is 12.5. The van der Waals surface area contributed by atoms with Crippen molar-refractivity contribution in [3.8, 4) is 0 Å². The van der Waals surface area contributed by atoms with Gasteiger partial charge in [-0.15, -0.1) is 0 Å². The summed E-state index contributed by atoms with van der Waals surface area (Å²) in [7, 11) is 0. The van der Waals surface area contributed by atoms with E-state index in [0.717, 1.165) is 32.1 Å². The fourth-order valence-corrected chi connectivity index (χ4v) is 7.30. The first-order valence-corrected chi connectivity index (χ1v) is 23.7. The van der Waals surface area contributed by atoms with E-state index in [0.29, 0.717) is 6.42 Å². The van der Waals surface area contributed by atoms with E-state index in [2.05, 4.69) is 31.3 Å². The summed E-state index contributed by atoms with van der Waals surface area (Å²) in [6.07, 6.45) is 53.7. The Kier molecular flexibility index (Phi) is 42.6. The first kappa shape index (κ1) is 51.8. The first-order chi connectivity index (χ1) is 26.1. The van der Waals surface area contributed by atoms with Crippen LogP contribution in [0.3, 0.4) is 0 Å². The van der Waals surface area contributed by atoms with Crippen molar-refractivity contribution < 1.29 is 20.1 Å². The predicted octanol–water partition coefficient (Wildman–Crippen LogP) is 13.8. The van der Waals surface area contributed by atoms with E-state index in [1.807, 2.05) is 6.08 Å². The van der Waals surface area contributed by atoms with Crippen LogP contribution in [-0.2, 0) is 4.79 Å². The molecule has 4 N–H and O–H groups in total. The molecular weight excluding hydrogens is 655 g/mol. The topological polar surface area (TPSA) is 89.8 Å². The molecule has 0 radical (unpaired) electrons. The molecule has 0 saturated carbocycles. The molecule has 0 aliphatic carbocycles. The zero-order valence-electron chi connectivity index (χ0n) is 35.7. The van der Waals surface area contributed by atoms with Crippen LogP contribution < -0.4 is 5.32 Å². The molecule has 0 bridgehead atoms. The molecular formula is C48H93NO4. The van der Waals surface area contributed by atoms with Crippen molar-refractivity contribution in [1.82, 2.24) is 5.32 Å². The zero-order chi connectivity index (χ0) is 38.7. The Hall–Kier alpha value is -1.17. The maximum absolute atomic E-state index is 12.5. The van der Waals surface area contributed by atoms with E-state index in [1.165, 1.54) is 199 Å². The lowest BCUT2D eigenvalue weighted by Gasteiger charge is -2.21. The monoisotopic (exact) mass is 748 g/mol. The van der Waals surface area contributed by atoms with Gasteiger partial charge in [-0.05, 0) is 44.9 Å². The van der Waals surface area contributed by atoms with Crippen LogP contribution in [0.1, 0.15) is 251 Å². The van der Waals surface area contributed by atoms with Crippen LogP contribution >= 0.6 is 0 Å². The molecule has 0 aromatic rings. The molecule has 0 aliphatic rings. The average molecular weight is 748 g/mol. The Bertz CT molecular complexity index is 784. The van der Waals surface area contributed by atoms with Crippen LogP contribution in [0.5, 0.6) is 0 Å². The summed E-state index contributed by atoms with van der Waals surface area (Å²) in [5.74, 6) is -0.503. The van der Waals surface area contributed by atoms with Gasteiger partial charge < -0.3 is 20.6 Å². The van der Waals surface area contributed by atoms with Gasteiger partial charge in [0.1, 0.15) is 6.10 Å². The van der Waals surface area contributed by atoms with Crippen molar-refractivity contribution in [1.29, 1.82) is 0 Å². The number of rotatable bonds is 43. The number of allylic oxidation sites excluding steroid dienone is 3. The van der Waals surface area contributed by atoms with Gasteiger partial charge in [-0.3, -0.25) is 4.79 Å². The third-order valence-electron chi connectivity index (χ3n) is 11.0. The van der Waals surface area contributed by atoms with Crippen molar-refractivity contribution in [2.75, 3.05) is 6.61 Å². The number of carbonyl (C=O) groups is 1. The molecule has 0 heterocycles. The SMILES string of the molecule is CCCCCCCCCCCCC/C=C/C(O)C(CO)NC(=O)C(O)CCCCCCCCCCCC/C=C\CCCCCCCCCCCCCC. The minimum atomic E-state index is -1.10. The molecule has 0 rings (SSSR count). The standard InChI is InChI=1S/C48H93NO4/c1-3-5-7-9-11-13-15-17-18-19-20-21-22-23-24-25-26-27-28-29-31-33-35-37-39-41-43-47(52)48(53)49-45(44-50)46(51)42-40-38-36-34-32-30-16-14-12-10-8-6-4-2/h23-24,40,42,45-47,50-52H,3-22,25-39,41,43-44H2,1-2H3,(H,49,53)/b24-23-,42-40+. The van der Waals surface area contributed by atoms with Gasteiger partial charge in [0.15, 0.2) is 0 Å². The highest BCUT2D eigenvalue weighted by Gasteiger charge is 2.22. The molecule has 0 aromatic carbocycles. The number of aliphatic hydroxyl groups excluding tert-OH is 3. The molecule has 0 spiro atoms. The lowest BCUT2D eigenvalue weighted by molar-refractivity contribution is -0.131. The van der Waals surface area contributed by atoms with Crippen LogP contribution in [0.4, 0.5) is 0 Å². The number of amides is 1. The Balaban J connectivity index is 3.58. The van der Waals surface area contributed by atoms with Gasteiger partial charge in [0, 0.05) is 0 Å². The third-order valence-corrected chi connectivity index (χ3v) is 11.0. The second-order valence-electron chi connectivity index (χ2n) is 16.3. The molecule has 3 atom stereocenters. The number of aliphatic hydroxyl groups is 3. The van der Waals surface area contributed by atoms with E-state index in [1.54, 1.807) is 6.08 Å². The van der Waals surface area contributed by atoms with Crippen LogP contribution in [0.2, 0.25) is 0 Å². The highest BCUT2D eigenvalue weighted by atomic mass is 16.3. The summed E-state index contributed by atoms with van der Waals surface area (Å²) < 4.78 is 0. The molecule has 53 heavy (non-hydrogen) atoms. The van der Waals surface area contributed by atoms with E-state index in [-0.39, 0.29) is 6.61 Å². The number of nitrogens with one attached hydrogen (secondary N) is 1. The molecule has 314 valence electrons. The molecule has 0 fully saturated rings. The van der Waals surface area contributed by atoms with Crippen molar-refractivity contribution in [2.24, 2.45) is 0 Å². The van der Waals surface area contributed by atoms with Gasteiger partial charge in [0.05, 0.1) is 18.8 Å². The normalized spacial score (nSPS) is 13.7. The first-order valence-electron chi connectivity index (χ1n) is 23.7. The maximum atomic E-state index is 12.5. The molecule has 5 nitrogen and oxygen atoms in total. The van der Waals surface area contributed by atoms with E-state index in [4.69, 9.17) is 0 Å². The quantitative estimate of drug-likeness (QED) is 0.0369. The lowest BCUT2D eigenvalue weighted by atomic mass is 10.0. The smallest absolute Gasteiger partial charge is 0.249 e.